The van der Waals surface area contributed by atoms with Gasteiger partial charge in [-0.15, -0.1) is 35.3 Å². The van der Waals surface area contributed by atoms with Gasteiger partial charge in [0.2, 0.25) is 0 Å². The summed E-state index contributed by atoms with van der Waals surface area (Å²) in [4.78, 5) is 9.76. The third-order valence-corrected chi connectivity index (χ3v) is 3.83. The van der Waals surface area contributed by atoms with E-state index < -0.39 is 0 Å². The maximum Gasteiger partial charge on any atom is 0.193 e. The molecule has 0 radical (unpaired) electrons. The Bertz CT molecular complexity index is 529. The van der Waals surface area contributed by atoms with Crippen molar-refractivity contribution >= 4 is 46.2 Å². The van der Waals surface area contributed by atoms with E-state index in [1.807, 2.05) is 22.2 Å². The van der Waals surface area contributed by atoms with E-state index >= 15 is 0 Å². The minimum atomic E-state index is 0. The number of hydrogen-bond acceptors (Lipinski definition) is 3. The molecule has 0 amide bonds. The fraction of sp³-hybridized carbons (Fsp3) is 0.500. The number of rotatable bonds is 4. The zero-order valence-corrected chi connectivity index (χ0v) is 13.9. The number of aromatic nitrogens is 2. The molecule has 1 fully saturated rings. The monoisotopic (exact) mass is 391 g/mol. The summed E-state index contributed by atoms with van der Waals surface area (Å²) in [5.74, 6) is 1.71. The highest BCUT2D eigenvalue weighted by Gasteiger charge is 2.21. The van der Waals surface area contributed by atoms with Crippen molar-refractivity contribution in [3.8, 4) is 0 Å². The van der Waals surface area contributed by atoms with Crippen molar-refractivity contribution in [2.45, 2.75) is 19.4 Å². The van der Waals surface area contributed by atoms with Crippen LogP contribution in [0.5, 0.6) is 0 Å². The van der Waals surface area contributed by atoms with Crippen LogP contribution in [0.2, 0.25) is 0 Å². The van der Waals surface area contributed by atoms with Gasteiger partial charge in [0.05, 0.1) is 12.2 Å². The lowest BCUT2D eigenvalue weighted by atomic mass is 10.4. The third kappa shape index (κ3) is 3.82. The van der Waals surface area contributed by atoms with Crippen LogP contribution < -0.4 is 10.6 Å². The second kappa shape index (κ2) is 6.56. The van der Waals surface area contributed by atoms with Gasteiger partial charge >= 0.3 is 0 Å². The first-order valence-electron chi connectivity index (χ1n) is 6.21. The van der Waals surface area contributed by atoms with Crippen molar-refractivity contribution in [2.75, 3.05) is 13.6 Å². The number of nitrogens with one attached hydrogen (secondary N) is 2. The molecule has 104 valence electrons. The quantitative estimate of drug-likeness (QED) is 0.477. The summed E-state index contributed by atoms with van der Waals surface area (Å²) in [6.07, 6.45) is 6.77. The fourth-order valence-electron chi connectivity index (χ4n) is 1.82. The highest BCUT2D eigenvalue weighted by molar-refractivity contribution is 14.0. The van der Waals surface area contributed by atoms with Gasteiger partial charge in [-0.1, -0.05) is 0 Å². The molecule has 19 heavy (non-hydrogen) atoms. The molecule has 2 heterocycles. The van der Waals surface area contributed by atoms with Gasteiger partial charge in [0.25, 0.3) is 0 Å². The summed E-state index contributed by atoms with van der Waals surface area (Å²) in [6.45, 7) is 1.73. The van der Waals surface area contributed by atoms with Gasteiger partial charge in [0.15, 0.2) is 10.9 Å². The minimum absolute atomic E-state index is 0. The number of hydrogen-bond donors (Lipinski definition) is 2. The molecule has 5 nitrogen and oxygen atoms in total. The van der Waals surface area contributed by atoms with Crippen LogP contribution in [0.25, 0.3) is 4.96 Å². The van der Waals surface area contributed by atoms with Gasteiger partial charge < -0.3 is 10.6 Å². The number of halogens is 1. The Morgan fingerprint density at radius 2 is 2.37 bits per heavy atom. The zero-order chi connectivity index (χ0) is 12.4. The summed E-state index contributed by atoms with van der Waals surface area (Å²) < 4.78 is 2.04. The largest absolute Gasteiger partial charge is 0.356 e. The van der Waals surface area contributed by atoms with E-state index in [0.29, 0.717) is 6.54 Å². The molecule has 3 rings (SSSR count). The van der Waals surface area contributed by atoms with Crippen molar-refractivity contribution in [2.24, 2.45) is 10.9 Å². The second-order valence-corrected chi connectivity index (χ2v) is 5.45. The minimum Gasteiger partial charge on any atom is -0.356 e. The molecule has 0 bridgehead atoms. The van der Waals surface area contributed by atoms with Gasteiger partial charge in [0.1, 0.15) is 0 Å². The Balaban J connectivity index is 0.00000133. The molecule has 0 unspecified atom stereocenters. The predicted molar refractivity (Wildman–Crippen MR) is 89.4 cm³/mol. The molecular weight excluding hydrogens is 373 g/mol. The number of thiazole rings is 1. The van der Waals surface area contributed by atoms with Gasteiger partial charge in [0, 0.05) is 31.4 Å². The van der Waals surface area contributed by atoms with E-state index in [4.69, 9.17) is 0 Å². The lowest BCUT2D eigenvalue weighted by Crippen LogP contribution is -2.37. The predicted octanol–water partition coefficient (Wildman–Crippen LogP) is 2.09. The van der Waals surface area contributed by atoms with Crippen LogP contribution in [0.1, 0.15) is 18.5 Å². The smallest absolute Gasteiger partial charge is 0.193 e. The summed E-state index contributed by atoms with van der Waals surface area (Å²) in [6, 6.07) is 0. The number of guanidine groups is 1. The standard InChI is InChI=1S/C12H17N5S.HI/c1-13-11(14-6-9-2-3-9)15-7-10-8-17-4-5-18-12(17)16-10;/h4-5,8-9H,2-3,6-7H2,1H3,(H2,13,14,15);1H. The summed E-state index contributed by atoms with van der Waals surface area (Å²) in [5, 5.41) is 8.66. The average molecular weight is 391 g/mol. The molecule has 1 saturated carbocycles. The first-order valence-corrected chi connectivity index (χ1v) is 7.08. The molecular formula is C12H18IN5S. The van der Waals surface area contributed by atoms with Crippen LogP contribution in [-0.4, -0.2) is 28.9 Å². The maximum absolute atomic E-state index is 4.52. The molecule has 0 spiro atoms. The molecule has 0 aromatic carbocycles. The number of imidazole rings is 1. The van der Waals surface area contributed by atoms with Crippen molar-refractivity contribution < 1.29 is 0 Å². The van der Waals surface area contributed by atoms with Crippen LogP contribution in [0.15, 0.2) is 22.8 Å². The van der Waals surface area contributed by atoms with Crippen LogP contribution in [0, 0.1) is 5.92 Å². The first-order chi connectivity index (χ1) is 8.85. The van der Waals surface area contributed by atoms with E-state index in [1.165, 1.54) is 12.8 Å². The lowest BCUT2D eigenvalue weighted by molar-refractivity contribution is 0.734. The lowest BCUT2D eigenvalue weighted by Gasteiger charge is -2.09. The fourth-order valence-corrected chi connectivity index (χ4v) is 2.54. The topological polar surface area (TPSA) is 53.7 Å². The highest BCUT2D eigenvalue weighted by Crippen LogP contribution is 2.27. The highest BCUT2D eigenvalue weighted by atomic mass is 127. The van der Waals surface area contributed by atoms with Crippen LogP contribution in [0.4, 0.5) is 0 Å². The number of nitrogens with zero attached hydrogens (tertiary/aromatic N) is 3. The van der Waals surface area contributed by atoms with E-state index in [-0.39, 0.29) is 24.0 Å². The van der Waals surface area contributed by atoms with Crippen molar-refractivity contribution in [3.05, 3.63) is 23.5 Å². The first kappa shape index (κ1) is 14.6. The van der Waals surface area contributed by atoms with Crippen molar-refractivity contribution in [1.82, 2.24) is 20.0 Å². The van der Waals surface area contributed by atoms with Crippen LogP contribution in [0.3, 0.4) is 0 Å². The molecule has 1 aliphatic rings. The van der Waals surface area contributed by atoms with Gasteiger partial charge in [-0.05, 0) is 18.8 Å². The van der Waals surface area contributed by atoms with E-state index in [0.717, 1.165) is 29.1 Å². The van der Waals surface area contributed by atoms with Crippen molar-refractivity contribution in [1.29, 1.82) is 0 Å². The third-order valence-electron chi connectivity index (χ3n) is 3.06. The molecule has 2 aromatic heterocycles. The normalized spacial score (nSPS) is 15.3. The van der Waals surface area contributed by atoms with E-state index in [9.17, 15) is 0 Å². The molecule has 1 aliphatic carbocycles. The Morgan fingerprint density at radius 3 is 3.05 bits per heavy atom. The van der Waals surface area contributed by atoms with Gasteiger partial charge in [-0.25, -0.2) is 4.98 Å². The molecule has 2 N–H and O–H groups in total. The SMILES string of the molecule is CN=C(NCc1cn2ccsc2n1)NCC1CC1.I. The summed E-state index contributed by atoms with van der Waals surface area (Å²) in [7, 11) is 1.80. The number of fused-ring (bicyclic) bond motifs is 1. The Kier molecular flexibility index (Phi) is 5.03. The molecule has 2 aromatic rings. The second-order valence-electron chi connectivity index (χ2n) is 4.58. The maximum atomic E-state index is 4.52. The van der Waals surface area contributed by atoms with Crippen LogP contribution in [-0.2, 0) is 6.54 Å². The van der Waals surface area contributed by atoms with Crippen molar-refractivity contribution in [3.63, 3.8) is 0 Å². The van der Waals surface area contributed by atoms with Gasteiger partial charge in [-0.3, -0.25) is 9.39 Å². The Labute approximate surface area is 133 Å². The number of aliphatic imine (C=N–C) groups is 1. The summed E-state index contributed by atoms with van der Waals surface area (Å²) in [5.41, 5.74) is 1.04. The molecule has 0 atom stereocenters. The summed E-state index contributed by atoms with van der Waals surface area (Å²) >= 11 is 1.65. The van der Waals surface area contributed by atoms with Gasteiger partial charge in [-0.2, -0.15) is 0 Å². The van der Waals surface area contributed by atoms with E-state index in [1.54, 1.807) is 18.4 Å². The average Bonchev–Trinajstić information content (AvgIpc) is 2.96. The zero-order valence-electron chi connectivity index (χ0n) is 10.8. The van der Waals surface area contributed by atoms with E-state index in [2.05, 4.69) is 20.6 Å². The molecule has 0 saturated heterocycles. The Morgan fingerprint density at radius 1 is 1.53 bits per heavy atom. The van der Waals surface area contributed by atoms with Crippen LogP contribution >= 0.6 is 35.3 Å². The molecule has 7 heteroatoms. The molecule has 0 aliphatic heterocycles. The Hall–Kier alpha value is -0.830.